The van der Waals surface area contributed by atoms with Gasteiger partial charge in [0.1, 0.15) is 44.9 Å². The highest BCUT2D eigenvalue weighted by Gasteiger charge is 2.23. The van der Waals surface area contributed by atoms with Gasteiger partial charge >= 0.3 is 0 Å². The van der Waals surface area contributed by atoms with Crippen LogP contribution in [-0.2, 0) is 0 Å². The third-order valence-corrected chi connectivity index (χ3v) is 16.1. The second-order valence-electron chi connectivity index (χ2n) is 23.3. The van der Waals surface area contributed by atoms with Gasteiger partial charge in [0.2, 0.25) is 5.82 Å². The van der Waals surface area contributed by atoms with Crippen molar-refractivity contribution in [3.63, 3.8) is 0 Å². The second kappa shape index (κ2) is 36.1. The SMILES string of the molecule is COc1cc2nccc(Oc3c(F)cc(N)cc3F)c2nc1OC.COc1cc2nccc(Oc3cc(F)c(N)cc3F)c2nc1OC.COc1cc2nccc(Oc3ccc(N)c(F)c3F)c2nc1OC.COc1cc2nccc(Oc3ccc(N)cc3Cl)c2nc1OC.Cc1ccc2nccc(Oc3ccc(N)cc3)c2n1. The Morgan fingerprint density at radius 3 is 1.10 bits per heavy atom. The second-order valence-corrected chi connectivity index (χ2v) is 23.7. The molecule has 0 radical (unpaired) electrons. The fraction of sp³-hybridized carbons (Fsp3) is 0.114. The van der Waals surface area contributed by atoms with E-state index in [4.69, 9.17) is 102 Å². The molecule has 10 heterocycles. The number of hydrogen-bond donors (Lipinski definition) is 5. The molecular weight excluding hydrogens is 1520 g/mol. The molecule has 0 amide bonds. The maximum atomic E-state index is 14.0. The standard InChI is InChI=1S/C16H14ClN3O3.3C16H13F2N3O3.C15H13N3O/c1-21-14-8-11-15(20-16(14)22-2)13(5-6-19-11)23-12-4-3-9(18)7-10(12)17;1-22-14-7-11-15(21-16(14)23-2)12(3-4-20-11)24-13-6-8(17)10(19)5-9(13)18;1-22-13-7-11-14(21-16(13)23-2)12(3-4-20-11)24-15-9(17)5-8(19)6-10(15)18;1-22-12-7-9-15(21-16(12)23-2)11(5-6-20-9)24-10-4-3-8(19)13(17)14(10)18;1-10-2-7-13-15(18-10)14(8-9-17-13)19-12-5-3-11(16)4-6-12/h3-8H,18H2,1-2H3;3*3-7H,19H2,1-2H3;2-9H,16H2,1H3. The van der Waals surface area contributed by atoms with Crippen LogP contribution in [0.2, 0.25) is 5.02 Å². The molecule has 15 rings (SSSR count). The minimum absolute atomic E-state index is 0.0403. The Labute approximate surface area is 648 Å². The van der Waals surface area contributed by atoms with E-state index in [2.05, 4.69) is 49.8 Å². The lowest BCUT2D eigenvalue weighted by atomic mass is 10.2. The molecule has 15 aromatic rings. The number of methoxy groups -OCH3 is 8. The largest absolute Gasteiger partial charge is 0.491 e. The smallest absolute Gasteiger partial charge is 0.257 e. The highest BCUT2D eigenvalue weighted by atomic mass is 35.5. The summed E-state index contributed by atoms with van der Waals surface area (Å²) in [5.74, 6) is -1.46. The Hall–Kier alpha value is -14.8. The molecule has 0 saturated heterocycles. The van der Waals surface area contributed by atoms with Crippen LogP contribution in [0.15, 0.2) is 177 Å². The summed E-state index contributed by atoms with van der Waals surface area (Å²) in [7, 11) is 11.8. The molecule has 28 nitrogen and oxygen atoms in total. The number of rotatable bonds is 18. The van der Waals surface area contributed by atoms with Crippen molar-refractivity contribution in [1.29, 1.82) is 0 Å². The van der Waals surface area contributed by atoms with Crippen molar-refractivity contribution >= 4 is 95.2 Å². The quantitative estimate of drug-likeness (QED) is 0.0393. The van der Waals surface area contributed by atoms with Gasteiger partial charge in [0, 0.05) is 133 Å². The summed E-state index contributed by atoms with van der Waals surface area (Å²) in [6.45, 7) is 1.94. The number of fused-ring (bicyclic) bond motifs is 5. The Morgan fingerprint density at radius 1 is 0.281 bits per heavy atom. The fourth-order valence-electron chi connectivity index (χ4n) is 10.4. The number of aromatic nitrogens is 10. The molecule has 10 aromatic heterocycles. The zero-order valence-electron chi connectivity index (χ0n) is 61.6. The van der Waals surface area contributed by atoms with Gasteiger partial charge in [-0.1, -0.05) is 11.6 Å². The summed E-state index contributed by atoms with van der Waals surface area (Å²) in [6.07, 6.45) is 7.68. The summed E-state index contributed by atoms with van der Waals surface area (Å²) in [5.41, 5.74) is 33.9. The molecule has 0 bridgehead atoms. The fourth-order valence-corrected chi connectivity index (χ4v) is 10.6. The van der Waals surface area contributed by atoms with Crippen molar-refractivity contribution in [1.82, 2.24) is 49.8 Å². The van der Waals surface area contributed by atoms with E-state index in [1.54, 1.807) is 80.2 Å². The van der Waals surface area contributed by atoms with Crippen molar-refractivity contribution in [2.45, 2.75) is 6.92 Å². The van der Waals surface area contributed by atoms with Crippen LogP contribution < -0.4 is 90.2 Å². The van der Waals surface area contributed by atoms with Gasteiger partial charge in [-0.05, 0) is 73.7 Å². The van der Waals surface area contributed by atoms with Crippen molar-refractivity contribution in [3.05, 3.63) is 222 Å². The zero-order chi connectivity index (χ0) is 81.4. The number of pyridine rings is 10. The number of ether oxygens (including phenoxy) is 13. The van der Waals surface area contributed by atoms with Crippen LogP contribution in [0.1, 0.15) is 5.69 Å². The van der Waals surface area contributed by atoms with Crippen molar-refractivity contribution in [2.75, 3.05) is 85.5 Å². The van der Waals surface area contributed by atoms with Gasteiger partial charge in [-0.15, -0.1) is 0 Å². The molecule has 0 aliphatic carbocycles. The van der Waals surface area contributed by atoms with Crippen molar-refractivity contribution in [2.24, 2.45) is 0 Å². The number of nitrogen functional groups attached to an aromatic ring is 5. The first-order valence-corrected chi connectivity index (χ1v) is 33.6. The summed E-state index contributed by atoms with van der Waals surface area (Å²) >= 11 is 6.15. The molecule has 0 unspecified atom stereocenters. The lowest BCUT2D eigenvalue weighted by Crippen LogP contribution is -1.99. The predicted molar refractivity (Wildman–Crippen MR) is 414 cm³/mol. The van der Waals surface area contributed by atoms with E-state index in [1.807, 2.05) is 37.3 Å². The predicted octanol–water partition coefficient (Wildman–Crippen LogP) is 16.9. The highest BCUT2D eigenvalue weighted by Crippen LogP contribution is 2.42. The van der Waals surface area contributed by atoms with Crippen LogP contribution in [0, 0.1) is 41.8 Å². The van der Waals surface area contributed by atoms with Crippen LogP contribution in [0.25, 0.3) is 55.2 Å². The normalized spacial score (nSPS) is 10.6. The lowest BCUT2D eigenvalue weighted by molar-refractivity contribution is 0.344. The van der Waals surface area contributed by atoms with Crippen LogP contribution in [0.4, 0.5) is 54.8 Å². The average Bonchev–Trinajstić information content (AvgIpc) is 0.798. The molecule has 5 aromatic carbocycles. The van der Waals surface area contributed by atoms with E-state index in [1.165, 1.54) is 98.7 Å². The number of hydrogen-bond acceptors (Lipinski definition) is 28. The molecule has 114 heavy (non-hydrogen) atoms. The van der Waals surface area contributed by atoms with Crippen LogP contribution in [-0.4, -0.2) is 107 Å². The maximum absolute atomic E-state index is 14.0. The molecule has 35 heteroatoms. The minimum atomic E-state index is -1.18. The lowest BCUT2D eigenvalue weighted by Gasteiger charge is -2.12. The van der Waals surface area contributed by atoms with Gasteiger partial charge < -0.3 is 90.2 Å². The van der Waals surface area contributed by atoms with E-state index < -0.39 is 40.7 Å². The molecule has 10 N–H and O–H groups in total. The first-order valence-electron chi connectivity index (χ1n) is 33.2. The molecule has 0 aliphatic rings. The first-order chi connectivity index (χ1) is 54.9. The Morgan fingerprint density at radius 2 is 0.667 bits per heavy atom. The van der Waals surface area contributed by atoms with Crippen molar-refractivity contribution in [3.8, 4) is 104 Å². The summed E-state index contributed by atoms with van der Waals surface area (Å²) < 4.78 is 152. The molecule has 0 aliphatic heterocycles. The Bertz CT molecular complexity index is 5920. The number of nitrogens with zero attached hydrogens (tertiary/aromatic N) is 10. The molecule has 0 spiro atoms. The van der Waals surface area contributed by atoms with Gasteiger partial charge in [-0.25, -0.2) is 46.9 Å². The first kappa shape index (κ1) is 80.2. The van der Waals surface area contributed by atoms with Gasteiger partial charge in [0.15, 0.2) is 92.3 Å². The Balaban J connectivity index is 0.000000141. The summed E-state index contributed by atoms with van der Waals surface area (Å²) in [5, 5.41) is 0.412. The number of benzene rings is 5. The average molecular weight is 1580 g/mol. The number of anilines is 5. The summed E-state index contributed by atoms with van der Waals surface area (Å²) in [4.78, 5) is 42.6. The van der Waals surface area contributed by atoms with Gasteiger partial charge in [-0.2, -0.15) is 4.39 Å². The minimum Gasteiger partial charge on any atom is -0.491 e. The number of aryl methyl sites for hydroxylation is 1. The van der Waals surface area contributed by atoms with E-state index in [0.29, 0.717) is 101 Å². The highest BCUT2D eigenvalue weighted by molar-refractivity contribution is 6.32. The molecule has 0 atom stereocenters. The molecular formula is C79H66ClF6N15O13. The third kappa shape index (κ3) is 18.5. The molecule has 0 fully saturated rings. The van der Waals surface area contributed by atoms with Crippen LogP contribution in [0.3, 0.4) is 0 Å². The number of nitrogens with two attached hydrogens (primary N) is 5. The van der Waals surface area contributed by atoms with Gasteiger partial charge in [0.05, 0.1) is 101 Å². The van der Waals surface area contributed by atoms with Gasteiger partial charge in [0.25, 0.3) is 23.5 Å². The summed E-state index contributed by atoms with van der Waals surface area (Å²) in [6, 6.07) is 36.7. The van der Waals surface area contributed by atoms with Crippen LogP contribution >= 0.6 is 11.6 Å². The van der Waals surface area contributed by atoms with Crippen molar-refractivity contribution < 1.29 is 87.9 Å². The molecule has 0 saturated carbocycles. The Kier molecular flexibility index (Phi) is 25.4. The maximum Gasteiger partial charge on any atom is 0.257 e. The topological polar surface area (TPSA) is 379 Å². The van der Waals surface area contributed by atoms with E-state index in [9.17, 15) is 26.3 Å². The zero-order valence-corrected chi connectivity index (χ0v) is 62.3. The van der Waals surface area contributed by atoms with E-state index in [0.717, 1.165) is 46.7 Å². The monoisotopic (exact) mass is 1580 g/mol. The number of halogens is 7. The van der Waals surface area contributed by atoms with Gasteiger partial charge in [-0.3, -0.25) is 24.9 Å². The third-order valence-electron chi connectivity index (χ3n) is 15.9. The van der Waals surface area contributed by atoms with Crippen LogP contribution in [0.5, 0.6) is 104 Å². The molecule has 584 valence electrons. The van der Waals surface area contributed by atoms with E-state index in [-0.39, 0.29) is 69.0 Å². The van der Waals surface area contributed by atoms with E-state index >= 15 is 0 Å².